The first-order valence-corrected chi connectivity index (χ1v) is 6.75. The molecule has 0 radical (unpaired) electrons. The smallest absolute Gasteiger partial charge is 0.0295 e. The first kappa shape index (κ1) is 11.0. The maximum absolute atomic E-state index is 4.04. The van der Waals surface area contributed by atoms with E-state index >= 15 is 0 Å². The summed E-state index contributed by atoms with van der Waals surface area (Å²) in [5.74, 6) is 2.59. The van der Waals surface area contributed by atoms with Crippen LogP contribution in [0.4, 0.5) is 0 Å². The zero-order valence-electron chi connectivity index (χ0n) is 9.15. The molecular formula is C12H18N2S. The minimum absolute atomic E-state index is 0.441. The molecule has 0 aliphatic carbocycles. The third-order valence-corrected chi connectivity index (χ3v) is 4.07. The van der Waals surface area contributed by atoms with E-state index in [1.165, 1.54) is 29.9 Å². The van der Waals surface area contributed by atoms with Crippen LogP contribution in [-0.4, -0.2) is 22.5 Å². The Morgan fingerprint density at radius 1 is 1.47 bits per heavy atom. The van der Waals surface area contributed by atoms with E-state index in [1.54, 1.807) is 0 Å². The second-order valence-corrected chi connectivity index (χ2v) is 5.23. The molecule has 0 saturated carbocycles. The van der Waals surface area contributed by atoms with E-state index in [9.17, 15) is 0 Å². The maximum atomic E-state index is 4.04. The van der Waals surface area contributed by atoms with Gasteiger partial charge in [0.05, 0.1) is 0 Å². The molecule has 1 N–H and O–H groups in total. The number of nitrogens with one attached hydrogen (secondary N) is 1. The fraction of sp³-hybridized carbons (Fsp3) is 0.583. The third kappa shape index (κ3) is 3.21. The lowest BCUT2D eigenvalue weighted by atomic mass is 10.1. The number of nitrogens with zero attached hydrogens (tertiary/aromatic N) is 1. The number of hydrogen-bond donors (Lipinski definition) is 1. The SMILES string of the molecule is C[C@@H](N[C@H]1CCCSC1)c1ccncc1. The second-order valence-electron chi connectivity index (χ2n) is 4.08. The monoisotopic (exact) mass is 222 g/mol. The van der Waals surface area contributed by atoms with Crippen LogP contribution in [0.2, 0.25) is 0 Å². The van der Waals surface area contributed by atoms with E-state index in [-0.39, 0.29) is 0 Å². The van der Waals surface area contributed by atoms with Crippen LogP contribution in [0.1, 0.15) is 31.4 Å². The summed E-state index contributed by atoms with van der Waals surface area (Å²) in [4.78, 5) is 4.04. The van der Waals surface area contributed by atoms with Gasteiger partial charge in [0.1, 0.15) is 0 Å². The minimum atomic E-state index is 0.441. The predicted octanol–water partition coefficient (Wildman–Crippen LogP) is 2.63. The van der Waals surface area contributed by atoms with Crippen molar-refractivity contribution in [3.63, 3.8) is 0 Å². The molecule has 1 fully saturated rings. The zero-order valence-corrected chi connectivity index (χ0v) is 9.96. The van der Waals surface area contributed by atoms with E-state index < -0.39 is 0 Å². The van der Waals surface area contributed by atoms with Crippen LogP contribution in [-0.2, 0) is 0 Å². The molecule has 2 nitrogen and oxygen atoms in total. The quantitative estimate of drug-likeness (QED) is 0.851. The molecule has 3 heteroatoms. The highest BCUT2D eigenvalue weighted by Gasteiger charge is 2.16. The Labute approximate surface area is 95.9 Å². The third-order valence-electron chi connectivity index (χ3n) is 2.85. The average Bonchev–Trinajstić information content (AvgIpc) is 2.31. The first-order chi connectivity index (χ1) is 7.36. The Balaban J connectivity index is 1.88. The van der Waals surface area contributed by atoms with Gasteiger partial charge in [-0.3, -0.25) is 4.98 Å². The number of pyridine rings is 1. The highest BCUT2D eigenvalue weighted by Crippen LogP contribution is 2.20. The summed E-state index contributed by atoms with van der Waals surface area (Å²) < 4.78 is 0. The topological polar surface area (TPSA) is 24.9 Å². The van der Waals surface area contributed by atoms with Crippen molar-refractivity contribution in [1.29, 1.82) is 0 Å². The van der Waals surface area contributed by atoms with Crippen molar-refractivity contribution < 1.29 is 0 Å². The van der Waals surface area contributed by atoms with Crippen LogP contribution in [0.15, 0.2) is 24.5 Å². The Kier molecular flexibility index (Phi) is 4.03. The van der Waals surface area contributed by atoms with Crippen molar-refractivity contribution in [2.24, 2.45) is 0 Å². The molecule has 1 aromatic rings. The van der Waals surface area contributed by atoms with Gasteiger partial charge >= 0.3 is 0 Å². The second kappa shape index (κ2) is 5.52. The molecule has 1 aliphatic rings. The van der Waals surface area contributed by atoms with E-state index in [4.69, 9.17) is 0 Å². The summed E-state index contributed by atoms with van der Waals surface area (Å²) >= 11 is 2.07. The van der Waals surface area contributed by atoms with Crippen molar-refractivity contribution in [2.75, 3.05) is 11.5 Å². The average molecular weight is 222 g/mol. The van der Waals surface area contributed by atoms with E-state index in [1.807, 2.05) is 12.4 Å². The van der Waals surface area contributed by atoms with E-state index in [0.29, 0.717) is 12.1 Å². The van der Waals surface area contributed by atoms with Gasteiger partial charge in [-0.1, -0.05) is 0 Å². The number of hydrogen-bond acceptors (Lipinski definition) is 3. The predicted molar refractivity (Wildman–Crippen MR) is 66.1 cm³/mol. The largest absolute Gasteiger partial charge is 0.307 e. The first-order valence-electron chi connectivity index (χ1n) is 5.60. The Morgan fingerprint density at radius 2 is 2.27 bits per heavy atom. The zero-order chi connectivity index (χ0) is 10.5. The molecule has 0 unspecified atom stereocenters. The summed E-state index contributed by atoms with van der Waals surface area (Å²) in [5.41, 5.74) is 1.33. The van der Waals surface area contributed by atoms with Crippen LogP contribution in [0.3, 0.4) is 0 Å². The van der Waals surface area contributed by atoms with Crippen molar-refractivity contribution >= 4 is 11.8 Å². The lowest BCUT2D eigenvalue weighted by Gasteiger charge is -2.26. The van der Waals surface area contributed by atoms with Gasteiger partial charge in [0.2, 0.25) is 0 Å². The standard InChI is InChI=1S/C12H18N2S/c1-10(11-4-6-13-7-5-11)14-12-3-2-8-15-9-12/h4-7,10,12,14H,2-3,8-9H2,1H3/t10-,12+/m1/s1. The minimum Gasteiger partial charge on any atom is -0.307 e. The van der Waals surface area contributed by atoms with Crippen LogP contribution in [0.25, 0.3) is 0 Å². The number of thioether (sulfide) groups is 1. The van der Waals surface area contributed by atoms with Crippen LogP contribution < -0.4 is 5.32 Å². The summed E-state index contributed by atoms with van der Waals surface area (Å²) in [7, 11) is 0. The Hall–Kier alpha value is -0.540. The molecule has 1 saturated heterocycles. The summed E-state index contributed by atoms with van der Waals surface area (Å²) in [6.45, 7) is 2.23. The molecule has 0 spiro atoms. The van der Waals surface area contributed by atoms with Gasteiger partial charge in [0, 0.05) is 30.2 Å². The maximum Gasteiger partial charge on any atom is 0.0295 e. The van der Waals surface area contributed by atoms with Gasteiger partial charge < -0.3 is 5.32 Å². The van der Waals surface area contributed by atoms with Crippen molar-refractivity contribution in [2.45, 2.75) is 31.8 Å². The molecule has 0 aromatic carbocycles. The molecule has 1 aliphatic heterocycles. The van der Waals surface area contributed by atoms with Gasteiger partial charge in [0.25, 0.3) is 0 Å². The summed E-state index contributed by atoms with van der Waals surface area (Å²) in [6, 6.07) is 5.31. The van der Waals surface area contributed by atoms with E-state index in [0.717, 1.165) is 0 Å². The number of rotatable bonds is 3. The lowest BCUT2D eigenvalue weighted by molar-refractivity contribution is 0.452. The lowest BCUT2D eigenvalue weighted by Crippen LogP contribution is -2.35. The normalized spacial score (nSPS) is 23.7. The van der Waals surface area contributed by atoms with Crippen LogP contribution in [0.5, 0.6) is 0 Å². The van der Waals surface area contributed by atoms with Crippen molar-refractivity contribution in [3.05, 3.63) is 30.1 Å². The molecule has 0 amide bonds. The Morgan fingerprint density at radius 3 is 2.93 bits per heavy atom. The van der Waals surface area contributed by atoms with Gasteiger partial charge in [-0.25, -0.2) is 0 Å². The highest BCUT2D eigenvalue weighted by atomic mass is 32.2. The van der Waals surface area contributed by atoms with Crippen LogP contribution >= 0.6 is 11.8 Å². The molecule has 2 rings (SSSR count). The fourth-order valence-electron chi connectivity index (χ4n) is 1.97. The molecular weight excluding hydrogens is 204 g/mol. The molecule has 2 atom stereocenters. The van der Waals surface area contributed by atoms with Gasteiger partial charge in [-0.15, -0.1) is 0 Å². The molecule has 15 heavy (non-hydrogen) atoms. The van der Waals surface area contributed by atoms with Gasteiger partial charge in [-0.05, 0) is 43.2 Å². The molecule has 2 heterocycles. The highest BCUT2D eigenvalue weighted by molar-refractivity contribution is 7.99. The van der Waals surface area contributed by atoms with Crippen molar-refractivity contribution in [3.8, 4) is 0 Å². The van der Waals surface area contributed by atoms with E-state index in [2.05, 4.69) is 41.1 Å². The van der Waals surface area contributed by atoms with Gasteiger partial charge in [0.15, 0.2) is 0 Å². The number of aromatic nitrogens is 1. The molecule has 82 valence electrons. The Bertz CT molecular complexity index is 283. The summed E-state index contributed by atoms with van der Waals surface area (Å²) in [6.07, 6.45) is 6.40. The van der Waals surface area contributed by atoms with Crippen LogP contribution in [0, 0.1) is 0 Å². The fourth-order valence-corrected chi connectivity index (χ4v) is 3.06. The molecule has 1 aromatic heterocycles. The summed E-state index contributed by atoms with van der Waals surface area (Å²) in [5, 5.41) is 3.69. The molecule has 0 bridgehead atoms. The van der Waals surface area contributed by atoms with Gasteiger partial charge in [-0.2, -0.15) is 11.8 Å². The van der Waals surface area contributed by atoms with Crippen molar-refractivity contribution in [1.82, 2.24) is 10.3 Å².